The molecule has 1 fully saturated rings. The fourth-order valence-corrected chi connectivity index (χ4v) is 2.90. The Hall–Kier alpha value is -1.98. The molecule has 0 radical (unpaired) electrons. The van der Waals surface area contributed by atoms with Crippen LogP contribution in [0.1, 0.15) is 37.8 Å². The minimum absolute atomic E-state index is 0.0699. The molecule has 21 heavy (non-hydrogen) atoms. The summed E-state index contributed by atoms with van der Waals surface area (Å²) in [5, 5.41) is 9.40. The van der Waals surface area contributed by atoms with Crippen molar-refractivity contribution in [2.24, 2.45) is 5.92 Å². The average molecular weight is 297 g/mol. The van der Waals surface area contributed by atoms with Crippen molar-refractivity contribution in [3.63, 3.8) is 0 Å². The normalized spacial score (nSPS) is 23.0. The van der Waals surface area contributed by atoms with Gasteiger partial charge in [0.15, 0.2) is 0 Å². The number of rotatable bonds is 3. The van der Waals surface area contributed by atoms with Gasteiger partial charge >= 0.3 is 5.97 Å². The van der Waals surface area contributed by atoms with Crippen LogP contribution in [0, 0.1) is 17.6 Å². The highest BCUT2D eigenvalue weighted by Gasteiger charge is 2.39. The third kappa shape index (κ3) is 3.04. The molecule has 1 saturated heterocycles. The van der Waals surface area contributed by atoms with Gasteiger partial charge in [-0.05, 0) is 38.0 Å². The zero-order valence-corrected chi connectivity index (χ0v) is 11.7. The second-order valence-electron chi connectivity index (χ2n) is 5.13. The van der Waals surface area contributed by atoms with Crippen LogP contribution in [0.2, 0.25) is 0 Å². The quantitative estimate of drug-likeness (QED) is 0.933. The minimum Gasteiger partial charge on any atom is -0.481 e. The number of halogens is 2. The van der Waals surface area contributed by atoms with Crippen molar-refractivity contribution in [3.8, 4) is 0 Å². The van der Waals surface area contributed by atoms with E-state index in [1.54, 1.807) is 6.92 Å². The van der Waals surface area contributed by atoms with E-state index in [2.05, 4.69) is 0 Å². The van der Waals surface area contributed by atoms with Gasteiger partial charge in [0.1, 0.15) is 11.6 Å². The molecule has 1 aliphatic rings. The highest BCUT2D eigenvalue weighted by atomic mass is 19.1. The van der Waals surface area contributed by atoms with E-state index in [9.17, 15) is 23.5 Å². The summed E-state index contributed by atoms with van der Waals surface area (Å²) in [5.74, 6) is -3.61. The van der Waals surface area contributed by atoms with E-state index in [4.69, 9.17) is 0 Å². The van der Waals surface area contributed by atoms with Crippen LogP contribution in [0.25, 0.3) is 0 Å². The number of hydrogen-bond acceptors (Lipinski definition) is 2. The summed E-state index contributed by atoms with van der Waals surface area (Å²) in [7, 11) is 0. The number of carboxylic acid groups (broad SMARTS) is 1. The molecule has 1 aliphatic heterocycles. The van der Waals surface area contributed by atoms with Crippen molar-refractivity contribution < 1.29 is 23.5 Å². The Morgan fingerprint density at radius 3 is 2.76 bits per heavy atom. The first-order valence-electron chi connectivity index (χ1n) is 6.93. The fraction of sp³-hybridized carbons (Fsp3) is 0.467. The molecule has 2 rings (SSSR count). The number of carboxylic acids is 1. The lowest BCUT2D eigenvalue weighted by Crippen LogP contribution is -2.39. The Balaban J connectivity index is 2.56. The maximum Gasteiger partial charge on any atom is 0.308 e. The maximum absolute atomic E-state index is 14.1. The summed E-state index contributed by atoms with van der Waals surface area (Å²) in [6.07, 6.45) is 0.920. The maximum atomic E-state index is 14.1. The molecule has 4 nitrogen and oxygen atoms in total. The fourth-order valence-electron chi connectivity index (χ4n) is 2.90. The second kappa shape index (κ2) is 6.20. The van der Waals surface area contributed by atoms with Crippen LogP contribution in [-0.2, 0) is 9.59 Å². The number of benzene rings is 1. The van der Waals surface area contributed by atoms with Gasteiger partial charge in [-0.3, -0.25) is 9.59 Å². The lowest BCUT2D eigenvalue weighted by Gasteiger charge is -2.33. The first-order chi connectivity index (χ1) is 9.95. The lowest BCUT2D eigenvalue weighted by atomic mass is 9.89. The highest BCUT2D eigenvalue weighted by molar-refractivity contribution is 5.79. The molecule has 1 N–H and O–H groups in total. The van der Waals surface area contributed by atoms with Crippen molar-refractivity contribution in [1.29, 1.82) is 0 Å². The summed E-state index contributed by atoms with van der Waals surface area (Å²) in [5.41, 5.74) is -0.0699. The molecule has 0 aliphatic carbocycles. The van der Waals surface area contributed by atoms with E-state index >= 15 is 0 Å². The smallest absolute Gasteiger partial charge is 0.308 e. The molecular formula is C15H17F2NO3. The van der Waals surface area contributed by atoms with Crippen molar-refractivity contribution in [2.45, 2.75) is 32.2 Å². The van der Waals surface area contributed by atoms with Crippen molar-refractivity contribution >= 4 is 11.9 Å². The van der Waals surface area contributed by atoms with Gasteiger partial charge < -0.3 is 10.0 Å². The van der Waals surface area contributed by atoms with E-state index < -0.39 is 29.6 Å². The topological polar surface area (TPSA) is 57.6 Å². The largest absolute Gasteiger partial charge is 0.481 e. The summed E-state index contributed by atoms with van der Waals surface area (Å²) >= 11 is 0. The SMILES string of the molecule is CCN1C(=O)CCCC(C(=O)O)C1c1cc(F)ccc1F. The number of likely N-dealkylation sites (tertiary alicyclic amines) is 1. The summed E-state index contributed by atoms with van der Waals surface area (Å²) < 4.78 is 27.5. The van der Waals surface area contributed by atoms with Crippen LogP contribution >= 0.6 is 0 Å². The van der Waals surface area contributed by atoms with Gasteiger partial charge in [0, 0.05) is 18.5 Å². The van der Waals surface area contributed by atoms with Crippen LogP contribution < -0.4 is 0 Å². The zero-order chi connectivity index (χ0) is 15.6. The van der Waals surface area contributed by atoms with E-state index in [1.807, 2.05) is 0 Å². The van der Waals surface area contributed by atoms with Gasteiger partial charge in [0.25, 0.3) is 0 Å². The first-order valence-corrected chi connectivity index (χ1v) is 6.93. The number of carbonyl (C=O) groups excluding carboxylic acids is 1. The lowest BCUT2D eigenvalue weighted by molar-refractivity contribution is -0.146. The molecule has 2 unspecified atom stereocenters. The number of carbonyl (C=O) groups is 2. The van der Waals surface area contributed by atoms with Crippen LogP contribution in [0.3, 0.4) is 0 Å². The molecular weight excluding hydrogens is 280 g/mol. The van der Waals surface area contributed by atoms with Gasteiger partial charge in [0.05, 0.1) is 12.0 Å². The van der Waals surface area contributed by atoms with Gasteiger partial charge in [-0.15, -0.1) is 0 Å². The van der Waals surface area contributed by atoms with E-state index in [-0.39, 0.29) is 30.9 Å². The molecule has 0 saturated carbocycles. The van der Waals surface area contributed by atoms with Crippen LogP contribution in [-0.4, -0.2) is 28.4 Å². The molecule has 114 valence electrons. The molecule has 2 atom stereocenters. The summed E-state index contributed by atoms with van der Waals surface area (Å²) in [6.45, 7) is 1.95. The minimum atomic E-state index is -1.10. The third-order valence-electron chi connectivity index (χ3n) is 3.88. The van der Waals surface area contributed by atoms with E-state index in [0.717, 1.165) is 18.2 Å². The van der Waals surface area contributed by atoms with E-state index in [0.29, 0.717) is 6.42 Å². The van der Waals surface area contributed by atoms with Crippen LogP contribution in [0.5, 0.6) is 0 Å². The molecule has 0 bridgehead atoms. The molecule has 0 spiro atoms. The molecule has 1 aromatic carbocycles. The summed E-state index contributed by atoms with van der Waals surface area (Å²) in [6, 6.07) is 1.95. The predicted octanol–water partition coefficient (Wildman–Crippen LogP) is 2.74. The zero-order valence-electron chi connectivity index (χ0n) is 11.7. The summed E-state index contributed by atoms with van der Waals surface area (Å²) in [4.78, 5) is 24.9. The molecule has 1 amide bonds. The monoisotopic (exact) mass is 297 g/mol. The van der Waals surface area contributed by atoms with Gasteiger partial charge in [0.2, 0.25) is 5.91 Å². The Morgan fingerprint density at radius 2 is 2.14 bits per heavy atom. The standard InChI is InChI=1S/C15H17F2NO3/c1-2-18-13(19)5-3-4-10(15(20)21)14(18)11-8-9(16)6-7-12(11)17/h6-8,10,14H,2-5H2,1H3,(H,20,21). The third-order valence-corrected chi connectivity index (χ3v) is 3.88. The molecule has 1 aromatic rings. The van der Waals surface area contributed by atoms with Gasteiger partial charge in [-0.25, -0.2) is 8.78 Å². The van der Waals surface area contributed by atoms with Crippen molar-refractivity contribution in [2.75, 3.05) is 6.54 Å². The van der Waals surface area contributed by atoms with Crippen LogP contribution in [0.4, 0.5) is 8.78 Å². The number of aliphatic carboxylic acids is 1. The van der Waals surface area contributed by atoms with Crippen LogP contribution in [0.15, 0.2) is 18.2 Å². The average Bonchev–Trinajstić information content (AvgIpc) is 2.60. The molecule has 6 heteroatoms. The Labute approximate surface area is 121 Å². The molecule has 1 heterocycles. The van der Waals surface area contributed by atoms with Crippen molar-refractivity contribution in [1.82, 2.24) is 4.90 Å². The number of amides is 1. The second-order valence-corrected chi connectivity index (χ2v) is 5.13. The van der Waals surface area contributed by atoms with E-state index in [1.165, 1.54) is 4.90 Å². The predicted molar refractivity (Wildman–Crippen MR) is 71.5 cm³/mol. The number of nitrogens with zero attached hydrogens (tertiary/aromatic N) is 1. The number of hydrogen-bond donors (Lipinski definition) is 1. The molecule has 0 aromatic heterocycles. The highest BCUT2D eigenvalue weighted by Crippen LogP contribution is 2.37. The van der Waals surface area contributed by atoms with Gasteiger partial charge in [-0.2, -0.15) is 0 Å². The first kappa shape index (κ1) is 15.4. The Morgan fingerprint density at radius 1 is 1.43 bits per heavy atom. The Bertz CT molecular complexity index is 560. The van der Waals surface area contributed by atoms with Gasteiger partial charge in [-0.1, -0.05) is 0 Å². The Kier molecular flexibility index (Phi) is 4.55. The van der Waals surface area contributed by atoms with Crippen molar-refractivity contribution in [3.05, 3.63) is 35.4 Å².